The average Bonchev–Trinajstić information content (AvgIpc) is 2.61. The molecule has 0 bridgehead atoms. The van der Waals surface area contributed by atoms with Gasteiger partial charge in [-0.05, 0) is 42.8 Å². The van der Waals surface area contributed by atoms with Crippen LogP contribution in [0, 0.1) is 0 Å². The SMILES string of the molecule is COc1ccc([C@H](C)NC(=O)c2ccc(NS(C)(=O)=O)c(Cl)c2)cc1OC. The van der Waals surface area contributed by atoms with Crippen molar-refractivity contribution in [2.45, 2.75) is 13.0 Å². The fourth-order valence-electron chi connectivity index (χ4n) is 2.42. The van der Waals surface area contributed by atoms with Gasteiger partial charge >= 0.3 is 0 Å². The largest absolute Gasteiger partial charge is 0.493 e. The normalized spacial score (nSPS) is 12.2. The molecule has 0 radical (unpaired) electrons. The number of sulfonamides is 1. The number of carbonyl (C=O) groups excluding carboxylic acids is 1. The predicted molar refractivity (Wildman–Crippen MR) is 105 cm³/mol. The smallest absolute Gasteiger partial charge is 0.251 e. The first-order valence-electron chi connectivity index (χ1n) is 7.94. The van der Waals surface area contributed by atoms with E-state index < -0.39 is 10.0 Å². The summed E-state index contributed by atoms with van der Waals surface area (Å²) in [5, 5.41) is 2.99. The maximum absolute atomic E-state index is 12.5. The molecule has 2 aromatic rings. The van der Waals surface area contributed by atoms with E-state index in [1.165, 1.54) is 18.2 Å². The van der Waals surface area contributed by atoms with Crippen molar-refractivity contribution in [3.63, 3.8) is 0 Å². The van der Waals surface area contributed by atoms with Crippen LogP contribution in [0.5, 0.6) is 11.5 Å². The molecule has 146 valence electrons. The zero-order valence-electron chi connectivity index (χ0n) is 15.4. The summed E-state index contributed by atoms with van der Waals surface area (Å²) >= 11 is 6.07. The Morgan fingerprint density at radius 3 is 2.30 bits per heavy atom. The molecule has 2 N–H and O–H groups in total. The van der Waals surface area contributed by atoms with Crippen LogP contribution in [-0.4, -0.2) is 34.8 Å². The molecule has 0 aliphatic rings. The van der Waals surface area contributed by atoms with E-state index in [1.54, 1.807) is 26.4 Å². The summed E-state index contributed by atoms with van der Waals surface area (Å²) in [6.07, 6.45) is 1.02. The van der Waals surface area contributed by atoms with Crippen LogP contribution in [0.25, 0.3) is 0 Å². The molecule has 7 nitrogen and oxygen atoms in total. The highest BCUT2D eigenvalue weighted by Crippen LogP contribution is 2.30. The lowest BCUT2D eigenvalue weighted by Gasteiger charge is -2.17. The summed E-state index contributed by atoms with van der Waals surface area (Å²) in [6.45, 7) is 1.83. The van der Waals surface area contributed by atoms with Gasteiger partial charge in [0, 0.05) is 5.56 Å². The number of nitrogens with one attached hydrogen (secondary N) is 2. The number of amides is 1. The van der Waals surface area contributed by atoms with Gasteiger partial charge in [0.05, 0.1) is 37.2 Å². The van der Waals surface area contributed by atoms with Crippen LogP contribution >= 0.6 is 11.6 Å². The van der Waals surface area contributed by atoms with E-state index in [-0.39, 0.29) is 22.7 Å². The zero-order valence-corrected chi connectivity index (χ0v) is 16.9. The molecule has 0 saturated heterocycles. The van der Waals surface area contributed by atoms with Crippen molar-refractivity contribution in [2.24, 2.45) is 0 Å². The number of hydrogen-bond acceptors (Lipinski definition) is 5. The minimum absolute atomic E-state index is 0.131. The minimum Gasteiger partial charge on any atom is -0.493 e. The lowest BCUT2D eigenvalue weighted by molar-refractivity contribution is 0.0940. The van der Waals surface area contributed by atoms with E-state index in [2.05, 4.69) is 10.0 Å². The van der Waals surface area contributed by atoms with E-state index in [4.69, 9.17) is 21.1 Å². The van der Waals surface area contributed by atoms with Crippen LogP contribution in [0.3, 0.4) is 0 Å². The molecule has 0 aliphatic carbocycles. The molecule has 0 aromatic heterocycles. The second-order valence-corrected chi connectivity index (χ2v) is 8.03. The second-order valence-electron chi connectivity index (χ2n) is 5.88. The molecule has 2 rings (SSSR count). The number of benzene rings is 2. The number of methoxy groups -OCH3 is 2. The summed E-state index contributed by atoms with van der Waals surface area (Å²) in [5.41, 5.74) is 1.36. The van der Waals surface area contributed by atoms with Gasteiger partial charge in [0.2, 0.25) is 10.0 Å². The molecule has 0 aliphatic heterocycles. The van der Waals surface area contributed by atoms with E-state index in [1.807, 2.05) is 13.0 Å². The Kier molecular flexibility index (Phi) is 6.56. The maximum atomic E-state index is 12.5. The van der Waals surface area contributed by atoms with Crippen molar-refractivity contribution >= 4 is 33.2 Å². The van der Waals surface area contributed by atoms with E-state index in [0.29, 0.717) is 17.1 Å². The molecule has 2 aromatic carbocycles. The lowest BCUT2D eigenvalue weighted by Crippen LogP contribution is -2.26. The van der Waals surface area contributed by atoms with Gasteiger partial charge in [0.25, 0.3) is 5.91 Å². The van der Waals surface area contributed by atoms with E-state index in [9.17, 15) is 13.2 Å². The van der Waals surface area contributed by atoms with Crippen molar-refractivity contribution in [2.75, 3.05) is 25.2 Å². The fourth-order valence-corrected chi connectivity index (χ4v) is 3.29. The molecule has 0 unspecified atom stereocenters. The summed E-state index contributed by atoms with van der Waals surface area (Å²) in [7, 11) is -0.366. The molecular weight excluding hydrogens is 392 g/mol. The first-order chi connectivity index (χ1) is 12.6. The number of anilines is 1. The van der Waals surface area contributed by atoms with Crippen LogP contribution in [0.2, 0.25) is 5.02 Å². The number of ether oxygens (including phenoxy) is 2. The monoisotopic (exact) mass is 412 g/mol. The first-order valence-corrected chi connectivity index (χ1v) is 10.2. The van der Waals surface area contributed by atoms with Crippen LogP contribution in [-0.2, 0) is 10.0 Å². The Bertz CT molecular complexity index is 947. The molecule has 27 heavy (non-hydrogen) atoms. The van der Waals surface area contributed by atoms with E-state index in [0.717, 1.165) is 11.8 Å². The highest BCUT2D eigenvalue weighted by molar-refractivity contribution is 7.92. The molecular formula is C18H21ClN2O5S. The zero-order chi connectivity index (χ0) is 20.2. The topological polar surface area (TPSA) is 93.7 Å². The van der Waals surface area contributed by atoms with E-state index >= 15 is 0 Å². The first kappa shape index (κ1) is 20.9. The molecule has 1 amide bonds. The molecule has 9 heteroatoms. The third-order valence-electron chi connectivity index (χ3n) is 3.78. The van der Waals surface area contributed by atoms with Crippen molar-refractivity contribution in [1.29, 1.82) is 0 Å². The third-order valence-corrected chi connectivity index (χ3v) is 4.69. The quantitative estimate of drug-likeness (QED) is 0.728. The number of halogens is 1. The predicted octanol–water partition coefficient (Wildman–Crippen LogP) is 3.22. The number of carbonyl (C=O) groups is 1. The summed E-state index contributed by atoms with van der Waals surface area (Å²) < 4.78 is 35.4. The standard InChI is InChI=1S/C18H21ClN2O5S/c1-11(12-6-8-16(25-2)17(10-12)26-3)20-18(22)13-5-7-15(14(19)9-13)21-27(4,23)24/h5-11,21H,1-4H3,(H,20,22)/t11-/m0/s1. The Morgan fingerprint density at radius 1 is 1.07 bits per heavy atom. The summed E-state index contributed by atoms with van der Waals surface area (Å²) in [4.78, 5) is 12.5. The number of hydrogen-bond donors (Lipinski definition) is 2. The molecule has 0 heterocycles. The van der Waals surface area contributed by atoms with Crippen molar-refractivity contribution < 1.29 is 22.7 Å². The maximum Gasteiger partial charge on any atom is 0.251 e. The van der Waals surface area contributed by atoms with Gasteiger partial charge in [0.1, 0.15) is 0 Å². The van der Waals surface area contributed by atoms with Gasteiger partial charge in [-0.3, -0.25) is 9.52 Å². The average molecular weight is 413 g/mol. The van der Waals surface area contributed by atoms with Crippen LogP contribution in [0.15, 0.2) is 36.4 Å². The molecule has 0 spiro atoms. The van der Waals surface area contributed by atoms with Gasteiger partial charge in [-0.15, -0.1) is 0 Å². The summed E-state index contributed by atoms with van der Waals surface area (Å²) in [6, 6.07) is 9.43. The van der Waals surface area contributed by atoms with Crippen molar-refractivity contribution in [3.8, 4) is 11.5 Å². The highest BCUT2D eigenvalue weighted by atomic mass is 35.5. The van der Waals surface area contributed by atoms with Crippen LogP contribution in [0.1, 0.15) is 28.9 Å². The van der Waals surface area contributed by atoms with Gasteiger partial charge in [-0.1, -0.05) is 17.7 Å². The fraction of sp³-hybridized carbons (Fsp3) is 0.278. The second kappa shape index (κ2) is 8.49. The summed E-state index contributed by atoms with van der Waals surface area (Å²) in [5.74, 6) is 0.820. The van der Waals surface area contributed by atoms with Gasteiger partial charge in [-0.2, -0.15) is 0 Å². The molecule has 0 fully saturated rings. The minimum atomic E-state index is -3.46. The Morgan fingerprint density at radius 2 is 1.74 bits per heavy atom. The Balaban J connectivity index is 2.16. The van der Waals surface area contributed by atoms with Gasteiger partial charge < -0.3 is 14.8 Å². The highest BCUT2D eigenvalue weighted by Gasteiger charge is 2.15. The van der Waals surface area contributed by atoms with Gasteiger partial charge in [-0.25, -0.2) is 8.42 Å². The lowest BCUT2D eigenvalue weighted by atomic mass is 10.1. The number of rotatable bonds is 7. The van der Waals surface area contributed by atoms with Crippen LogP contribution < -0.4 is 19.5 Å². The van der Waals surface area contributed by atoms with Crippen molar-refractivity contribution in [3.05, 3.63) is 52.5 Å². The molecule has 0 saturated carbocycles. The Labute approximate surface area is 163 Å². The Hall–Kier alpha value is -2.45. The van der Waals surface area contributed by atoms with Gasteiger partial charge in [0.15, 0.2) is 11.5 Å². The third kappa shape index (κ3) is 5.51. The molecule has 1 atom stereocenters. The van der Waals surface area contributed by atoms with Crippen LogP contribution in [0.4, 0.5) is 5.69 Å². The van der Waals surface area contributed by atoms with Crippen molar-refractivity contribution in [1.82, 2.24) is 5.32 Å².